The molecule has 1 aliphatic heterocycles. The molecule has 1 saturated heterocycles. The van der Waals surface area contributed by atoms with Crippen LogP contribution in [0.1, 0.15) is 33.1 Å². The van der Waals surface area contributed by atoms with Crippen molar-refractivity contribution >= 4 is 11.9 Å². The van der Waals surface area contributed by atoms with E-state index in [0.717, 1.165) is 6.42 Å². The van der Waals surface area contributed by atoms with Crippen LogP contribution in [0, 0.1) is 11.3 Å². The molecule has 0 radical (unpaired) electrons. The van der Waals surface area contributed by atoms with Crippen LogP contribution >= 0.6 is 0 Å². The van der Waals surface area contributed by atoms with Gasteiger partial charge in [-0.3, -0.25) is 9.59 Å². The minimum atomic E-state index is -1.10. The van der Waals surface area contributed by atoms with E-state index in [9.17, 15) is 9.59 Å². The van der Waals surface area contributed by atoms with E-state index in [1.807, 2.05) is 0 Å². The molecule has 2 rings (SSSR count). The number of carboxylic acid groups (broad SMARTS) is 1. The monoisotopic (exact) mass is 255 g/mol. The van der Waals surface area contributed by atoms with Gasteiger partial charge in [0.25, 0.3) is 0 Å². The molecular weight excluding hydrogens is 234 g/mol. The number of likely N-dealkylation sites (tertiary alicyclic amines) is 1. The molecule has 18 heavy (non-hydrogen) atoms. The SMILES string of the molecule is CC(C)CO[C@H]1CCN(C(=O)C2(C(=O)O)CC2)C1. The Morgan fingerprint density at radius 1 is 1.44 bits per heavy atom. The summed E-state index contributed by atoms with van der Waals surface area (Å²) in [5.74, 6) is -0.715. The predicted octanol–water partition coefficient (Wildman–Crippen LogP) is 1.12. The molecule has 0 bridgehead atoms. The second kappa shape index (κ2) is 4.88. The molecule has 2 fully saturated rings. The van der Waals surface area contributed by atoms with Crippen molar-refractivity contribution in [2.75, 3.05) is 19.7 Å². The van der Waals surface area contributed by atoms with Crippen molar-refractivity contribution in [3.8, 4) is 0 Å². The van der Waals surface area contributed by atoms with Gasteiger partial charge in [0.2, 0.25) is 5.91 Å². The van der Waals surface area contributed by atoms with Crippen molar-refractivity contribution in [2.24, 2.45) is 11.3 Å². The van der Waals surface area contributed by atoms with Crippen molar-refractivity contribution in [1.82, 2.24) is 4.90 Å². The maximum absolute atomic E-state index is 12.1. The van der Waals surface area contributed by atoms with E-state index in [0.29, 0.717) is 38.5 Å². The number of rotatable bonds is 5. The van der Waals surface area contributed by atoms with Crippen LogP contribution < -0.4 is 0 Å². The molecular formula is C13H21NO4. The van der Waals surface area contributed by atoms with Gasteiger partial charge in [-0.1, -0.05) is 13.8 Å². The van der Waals surface area contributed by atoms with Crippen LogP contribution in [-0.2, 0) is 14.3 Å². The highest BCUT2D eigenvalue weighted by molar-refractivity contribution is 6.04. The number of aliphatic carboxylic acids is 1. The van der Waals surface area contributed by atoms with Crippen molar-refractivity contribution in [2.45, 2.75) is 39.2 Å². The summed E-state index contributed by atoms with van der Waals surface area (Å²) in [5.41, 5.74) is -1.10. The number of hydrogen-bond donors (Lipinski definition) is 1. The topological polar surface area (TPSA) is 66.8 Å². The molecule has 0 aromatic rings. The fraction of sp³-hybridized carbons (Fsp3) is 0.846. The summed E-state index contributed by atoms with van der Waals surface area (Å²) in [6.07, 6.45) is 1.85. The van der Waals surface area contributed by atoms with Crippen LogP contribution in [0.4, 0.5) is 0 Å². The molecule has 102 valence electrons. The Morgan fingerprint density at radius 3 is 2.61 bits per heavy atom. The number of carbonyl (C=O) groups excluding carboxylic acids is 1. The van der Waals surface area contributed by atoms with E-state index in [4.69, 9.17) is 9.84 Å². The number of carbonyl (C=O) groups is 2. The smallest absolute Gasteiger partial charge is 0.319 e. The van der Waals surface area contributed by atoms with Gasteiger partial charge in [-0.15, -0.1) is 0 Å². The van der Waals surface area contributed by atoms with Crippen molar-refractivity contribution in [3.05, 3.63) is 0 Å². The van der Waals surface area contributed by atoms with Crippen LogP contribution in [-0.4, -0.2) is 47.7 Å². The summed E-state index contributed by atoms with van der Waals surface area (Å²) in [6.45, 7) is 6.02. The van der Waals surface area contributed by atoms with Gasteiger partial charge in [0, 0.05) is 19.7 Å². The zero-order chi connectivity index (χ0) is 13.3. The van der Waals surface area contributed by atoms with Crippen LogP contribution in [0.2, 0.25) is 0 Å². The summed E-state index contributed by atoms with van der Waals surface area (Å²) in [5, 5.41) is 9.10. The Bertz CT molecular complexity index is 349. The minimum absolute atomic E-state index is 0.0703. The molecule has 1 heterocycles. The highest BCUT2D eigenvalue weighted by Gasteiger charge is 2.59. The molecule has 0 spiro atoms. The van der Waals surface area contributed by atoms with Gasteiger partial charge < -0.3 is 14.7 Å². The van der Waals surface area contributed by atoms with Gasteiger partial charge in [-0.05, 0) is 25.2 Å². The van der Waals surface area contributed by atoms with Gasteiger partial charge in [0.15, 0.2) is 0 Å². The standard InChI is InChI=1S/C13H21NO4/c1-9(2)8-18-10-3-6-14(7-10)11(15)13(4-5-13)12(16)17/h9-10H,3-8H2,1-2H3,(H,16,17)/t10-/m0/s1. The molecule has 1 amide bonds. The third kappa shape index (κ3) is 2.51. The quantitative estimate of drug-likeness (QED) is 0.748. The Labute approximate surface area is 107 Å². The maximum Gasteiger partial charge on any atom is 0.319 e. The summed E-state index contributed by atoms with van der Waals surface area (Å²) >= 11 is 0. The van der Waals surface area contributed by atoms with Crippen LogP contribution in [0.15, 0.2) is 0 Å². The van der Waals surface area contributed by atoms with Gasteiger partial charge in [-0.2, -0.15) is 0 Å². The molecule has 5 heteroatoms. The predicted molar refractivity (Wildman–Crippen MR) is 65.1 cm³/mol. The third-order valence-corrected chi connectivity index (χ3v) is 3.67. The third-order valence-electron chi connectivity index (χ3n) is 3.67. The largest absolute Gasteiger partial charge is 0.480 e. The number of carboxylic acids is 1. The van der Waals surface area contributed by atoms with Crippen LogP contribution in [0.3, 0.4) is 0 Å². The molecule has 1 aliphatic carbocycles. The van der Waals surface area contributed by atoms with Gasteiger partial charge in [0.05, 0.1) is 6.10 Å². The maximum atomic E-state index is 12.1. The van der Waals surface area contributed by atoms with Gasteiger partial charge in [0.1, 0.15) is 5.41 Å². The minimum Gasteiger partial charge on any atom is -0.480 e. The molecule has 0 aromatic heterocycles. The fourth-order valence-corrected chi connectivity index (χ4v) is 2.32. The summed E-state index contributed by atoms with van der Waals surface area (Å²) < 4.78 is 5.70. The van der Waals surface area contributed by atoms with Crippen molar-refractivity contribution in [3.63, 3.8) is 0 Å². The van der Waals surface area contributed by atoms with Crippen LogP contribution in [0.25, 0.3) is 0 Å². The summed E-state index contributed by atoms with van der Waals surface area (Å²) in [4.78, 5) is 24.9. The lowest BCUT2D eigenvalue weighted by Gasteiger charge is -2.20. The lowest BCUT2D eigenvalue weighted by molar-refractivity contribution is -0.153. The highest BCUT2D eigenvalue weighted by Crippen LogP contribution is 2.47. The lowest BCUT2D eigenvalue weighted by atomic mass is 10.1. The van der Waals surface area contributed by atoms with E-state index < -0.39 is 11.4 Å². The van der Waals surface area contributed by atoms with Crippen LogP contribution in [0.5, 0.6) is 0 Å². The first kappa shape index (κ1) is 13.3. The van der Waals surface area contributed by atoms with Gasteiger partial charge in [-0.25, -0.2) is 0 Å². The number of hydrogen-bond acceptors (Lipinski definition) is 3. The average Bonchev–Trinajstić information content (AvgIpc) is 2.99. The number of amides is 1. The molecule has 1 N–H and O–H groups in total. The molecule has 0 aromatic carbocycles. The molecule has 1 atom stereocenters. The first-order valence-corrected chi connectivity index (χ1v) is 6.60. The first-order chi connectivity index (χ1) is 8.45. The van der Waals surface area contributed by atoms with Crippen molar-refractivity contribution < 1.29 is 19.4 Å². The van der Waals surface area contributed by atoms with E-state index in [-0.39, 0.29) is 12.0 Å². The molecule has 0 unspecified atom stereocenters. The number of nitrogens with zero attached hydrogens (tertiary/aromatic N) is 1. The highest BCUT2D eigenvalue weighted by atomic mass is 16.5. The Hall–Kier alpha value is -1.10. The van der Waals surface area contributed by atoms with E-state index in [2.05, 4.69) is 13.8 Å². The molecule has 2 aliphatic rings. The Balaban J connectivity index is 1.86. The number of ether oxygens (including phenoxy) is 1. The van der Waals surface area contributed by atoms with E-state index in [1.54, 1.807) is 4.90 Å². The fourth-order valence-electron chi connectivity index (χ4n) is 2.32. The van der Waals surface area contributed by atoms with Gasteiger partial charge >= 0.3 is 5.97 Å². The normalized spacial score (nSPS) is 25.5. The van der Waals surface area contributed by atoms with E-state index in [1.165, 1.54) is 0 Å². The Morgan fingerprint density at radius 2 is 2.11 bits per heavy atom. The zero-order valence-corrected chi connectivity index (χ0v) is 11.0. The zero-order valence-electron chi connectivity index (χ0n) is 11.0. The summed E-state index contributed by atoms with van der Waals surface area (Å²) in [7, 11) is 0. The molecule has 5 nitrogen and oxygen atoms in total. The lowest BCUT2D eigenvalue weighted by Crippen LogP contribution is -2.40. The second-order valence-corrected chi connectivity index (χ2v) is 5.78. The average molecular weight is 255 g/mol. The summed E-state index contributed by atoms with van der Waals surface area (Å²) in [6, 6.07) is 0. The first-order valence-electron chi connectivity index (χ1n) is 6.60. The van der Waals surface area contributed by atoms with Crippen molar-refractivity contribution in [1.29, 1.82) is 0 Å². The Kier molecular flexibility index (Phi) is 3.61. The van der Waals surface area contributed by atoms with E-state index >= 15 is 0 Å². The molecule has 1 saturated carbocycles. The second-order valence-electron chi connectivity index (χ2n) is 5.78.